The van der Waals surface area contributed by atoms with Crippen molar-refractivity contribution in [1.29, 1.82) is 0 Å². The van der Waals surface area contributed by atoms with Crippen LogP contribution in [0.3, 0.4) is 0 Å². The molecule has 1 unspecified atom stereocenters. The van der Waals surface area contributed by atoms with Gasteiger partial charge in [-0.15, -0.1) is 0 Å². The molecule has 0 aromatic heterocycles. The highest BCUT2D eigenvalue weighted by Crippen LogP contribution is 2.14. The second-order valence-corrected chi connectivity index (χ2v) is 6.10. The number of ether oxygens (including phenoxy) is 1. The maximum absolute atomic E-state index is 11.8. The molecule has 134 valence electrons. The maximum atomic E-state index is 11.8. The van der Waals surface area contributed by atoms with E-state index in [0.717, 1.165) is 0 Å². The Morgan fingerprint density at radius 2 is 2.04 bits per heavy atom. The lowest BCUT2D eigenvalue weighted by Gasteiger charge is -2.23. The SMILES string of the molecule is CCN(CC(=O)NC(C)C)CC(O)COc1cccc(C(C)=O)c1. The van der Waals surface area contributed by atoms with E-state index in [1.54, 1.807) is 24.3 Å². The molecule has 0 saturated carbocycles. The number of hydrogen-bond acceptors (Lipinski definition) is 5. The van der Waals surface area contributed by atoms with Gasteiger partial charge in [-0.2, -0.15) is 0 Å². The zero-order valence-electron chi connectivity index (χ0n) is 14.9. The zero-order chi connectivity index (χ0) is 18.1. The third-order valence-corrected chi connectivity index (χ3v) is 3.42. The van der Waals surface area contributed by atoms with Gasteiger partial charge in [-0.3, -0.25) is 14.5 Å². The molecule has 1 amide bonds. The Morgan fingerprint density at radius 3 is 2.62 bits per heavy atom. The lowest BCUT2D eigenvalue weighted by molar-refractivity contribution is -0.123. The number of Topliss-reactive ketones (excluding diaryl/α,β-unsaturated/α-hetero) is 1. The van der Waals surface area contributed by atoms with Crippen LogP contribution in [0.1, 0.15) is 38.1 Å². The summed E-state index contributed by atoms with van der Waals surface area (Å²) in [6.07, 6.45) is -0.724. The van der Waals surface area contributed by atoms with E-state index in [4.69, 9.17) is 4.74 Å². The van der Waals surface area contributed by atoms with Crippen LogP contribution in [0.2, 0.25) is 0 Å². The molecule has 24 heavy (non-hydrogen) atoms. The third-order valence-electron chi connectivity index (χ3n) is 3.42. The van der Waals surface area contributed by atoms with E-state index in [1.807, 2.05) is 25.7 Å². The average Bonchev–Trinajstić information content (AvgIpc) is 2.51. The summed E-state index contributed by atoms with van der Waals surface area (Å²) in [4.78, 5) is 25.0. The standard InChI is InChI=1S/C18H28N2O4/c1-5-20(11-18(23)19-13(2)3)10-16(22)12-24-17-8-6-7-15(9-17)14(4)21/h6-9,13,16,22H,5,10-12H2,1-4H3,(H,19,23). The number of ketones is 1. The van der Waals surface area contributed by atoms with Gasteiger partial charge in [-0.05, 0) is 39.4 Å². The molecule has 1 rings (SSSR count). The van der Waals surface area contributed by atoms with Crippen LogP contribution in [0.15, 0.2) is 24.3 Å². The predicted octanol–water partition coefficient (Wildman–Crippen LogP) is 1.48. The molecular formula is C18H28N2O4. The third kappa shape index (κ3) is 7.57. The Hall–Kier alpha value is -1.92. The number of aliphatic hydroxyl groups is 1. The summed E-state index contributed by atoms with van der Waals surface area (Å²) in [5, 5.41) is 12.9. The van der Waals surface area contributed by atoms with E-state index in [1.165, 1.54) is 6.92 Å². The average molecular weight is 336 g/mol. The van der Waals surface area contributed by atoms with Crippen LogP contribution in [0, 0.1) is 0 Å². The van der Waals surface area contributed by atoms with E-state index in [9.17, 15) is 14.7 Å². The van der Waals surface area contributed by atoms with Gasteiger partial charge in [0.2, 0.25) is 5.91 Å². The van der Waals surface area contributed by atoms with Gasteiger partial charge < -0.3 is 15.2 Å². The number of nitrogens with zero attached hydrogens (tertiary/aromatic N) is 1. The molecule has 1 aromatic carbocycles. The molecule has 0 fully saturated rings. The number of carbonyl (C=O) groups excluding carboxylic acids is 2. The fourth-order valence-electron chi connectivity index (χ4n) is 2.22. The summed E-state index contributed by atoms with van der Waals surface area (Å²) >= 11 is 0. The van der Waals surface area contributed by atoms with Crippen molar-refractivity contribution >= 4 is 11.7 Å². The van der Waals surface area contributed by atoms with Crippen molar-refractivity contribution in [2.45, 2.75) is 39.8 Å². The Kier molecular flexibility index (Phi) is 8.43. The molecule has 0 radical (unpaired) electrons. The molecule has 1 aromatic rings. The molecule has 0 aliphatic carbocycles. The fourth-order valence-corrected chi connectivity index (χ4v) is 2.22. The van der Waals surface area contributed by atoms with Gasteiger partial charge >= 0.3 is 0 Å². The molecule has 2 N–H and O–H groups in total. The monoisotopic (exact) mass is 336 g/mol. The minimum atomic E-state index is -0.724. The van der Waals surface area contributed by atoms with Gasteiger partial charge in [0, 0.05) is 18.2 Å². The van der Waals surface area contributed by atoms with Gasteiger partial charge in [-0.25, -0.2) is 0 Å². The lowest BCUT2D eigenvalue weighted by Crippen LogP contribution is -2.43. The first-order valence-corrected chi connectivity index (χ1v) is 8.25. The molecule has 0 spiro atoms. The first-order valence-electron chi connectivity index (χ1n) is 8.25. The fraction of sp³-hybridized carbons (Fsp3) is 0.556. The molecule has 6 nitrogen and oxygen atoms in total. The number of rotatable bonds is 10. The molecule has 1 atom stereocenters. The van der Waals surface area contributed by atoms with E-state index in [2.05, 4.69) is 5.32 Å². The van der Waals surface area contributed by atoms with Crippen LogP contribution in [-0.4, -0.2) is 60.1 Å². The number of benzene rings is 1. The van der Waals surface area contributed by atoms with Gasteiger partial charge in [0.1, 0.15) is 18.5 Å². The minimum absolute atomic E-state index is 0.0330. The largest absolute Gasteiger partial charge is 0.491 e. The van der Waals surface area contributed by atoms with Crippen LogP contribution < -0.4 is 10.1 Å². The van der Waals surface area contributed by atoms with Crippen LogP contribution >= 0.6 is 0 Å². The van der Waals surface area contributed by atoms with Crippen molar-refractivity contribution in [1.82, 2.24) is 10.2 Å². The number of aliphatic hydroxyl groups excluding tert-OH is 1. The molecule has 0 saturated heterocycles. The molecule has 0 heterocycles. The number of hydrogen-bond donors (Lipinski definition) is 2. The van der Waals surface area contributed by atoms with Crippen molar-refractivity contribution in [2.75, 3.05) is 26.2 Å². The summed E-state index contributed by atoms with van der Waals surface area (Å²) in [7, 11) is 0. The highest BCUT2D eigenvalue weighted by atomic mass is 16.5. The number of nitrogens with one attached hydrogen (secondary N) is 1. The second-order valence-electron chi connectivity index (χ2n) is 6.10. The smallest absolute Gasteiger partial charge is 0.234 e. The number of carbonyl (C=O) groups is 2. The Balaban J connectivity index is 2.46. The van der Waals surface area contributed by atoms with Crippen molar-refractivity contribution in [3.05, 3.63) is 29.8 Å². The van der Waals surface area contributed by atoms with Crippen LogP contribution in [0.5, 0.6) is 5.75 Å². The van der Waals surface area contributed by atoms with E-state index < -0.39 is 6.10 Å². The Morgan fingerprint density at radius 1 is 1.33 bits per heavy atom. The summed E-state index contributed by atoms with van der Waals surface area (Å²) in [5.41, 5.74) is 0.572. The topological polar surface area (TPSA) is 78.9 Å². The van der Waals surface area contributed by atoms with E-state index in [-0.39, 0.29) is 30.9 Å². The van der Waals surface area contributed by atoms with Gasteiger partial charge in [-0.1, -0.05) is 19.1 Å². The quantitative estimate of drug-likeness (QED) is 0.633. The van der Waals surface area contributed by atoms with Crippen molar-refractivity contribution in [3.8, 4) is 5.75 Å². The van der Waals surface area contributed by atoms with Crippen molar-refractivity contribution < 1.29 is 19.4 Å². The second kappa shape index (κ2) is 10.1. The van der Waals surface area contributed by atoms with E-state index >= 15 is 0 Å². The van der Waals surface area contributed by atoms with Crippen LogP contribution in [0.25, 0.3) is 0 Å². The van der Waals surface area contributed by atoms with Gasteiger partial charge in [0.15, 0.2) is 5.78 Å². The minimum Gasteiger partial charge on any atom is -0.491 e. The van der Waals surface area contributed by atoms with Crippen LogP contribution in [-0.2, 0) is 4.79 Å². The number of amides is 1. The Labute approximate surface area is 143 Å². The normalized spacial score (nSPS) is 12.3. The van der Waals surface area contributed by atoms with Crippen molar-refractivity contribution in [3.63, 3.8) is 0 Å². The summed E-state index contributed by atoms with van der Waals surface area (Å²) in [6, 6.07) is 6.96. The molecule has 6 heteroatoms. The first-order chi connectivity index (χ1) is 11.3. The summed E-state index contributed by atoms with van der Waals surface area (Å²) < 4.78 is 5.54. The van der Waals surface area contributed by atoms with Crippen LogP contribution in [0.4, 0.5) is 0 Å². The lowest BCUT2D eigenvalue weighted by atomic mass is 10.1. The number of likely N-dealkylation sites (N-methyl/N-ethyl adjacent to an activating group) is 1. The van der Waals surface area contributed by atoms with Gasteiger partial charge in [0.05, 0.1) is 6.54 Å². The summed E-state index contributed by atoms with van der Waals surface area (Å²) in [6.45, 7) is 8.59. The highest BCUT2D eigenvalue weighted by Gasteiger charge is 2.15. The predicted molar refractivity (Wildman–Crippen MR) is 93.3 cm³/mol. The summed E-state index contributed by atoms with van der Waals surface area (Å²) in [5.74, 6) is 0.450. The Bertz CT molecular complexity index is 546. The molecular weight excluding hydrogens is 308 g/mol. The van der Waals surface area contributed by atoms with E-state index in [0.29, 0.717) is 24.4 Å². The molecule has 0 bridgehead atoms. The highest BCUT2D eigenvalue weighted by molar-refractivity contribution is 5.94. The maximum Gasteiger partial charge on any atom is 0.234 e. The van der Waals surface area contributed by atoms with Gasteiger partial charge in [0.25, 0.3) is 0 Å². The van der Waals surface area contributed by atoms with Crippen molar-refractivity contribution in [2.24, 2.45) is 0 Å². The molecule has 0 aliphatic rings. The zero-order valence-corrected chi connectivity index (χ0v) is 14.9. The first kappa shape index (κ1) is 20.1. The molecule has 0 aliphatic heterocycles.